The van der Waals surface area contributed by atoms with Crippen LogP contribution in [0, 0.1) is 12.3 Å². The van der Waals surface area contributed by atoms with Gasteiger partial charge in [0.2, 0.25) is 0 Å². The maximum absolute atomic E-state index is 12.7. The van der Waals surface area contributed by atoms with Gasteiger partial charge in [-0.3, -0.25) is 14.4 Å². The standard InChI is InChI=1S/C21H18N2O3/c1-13-10-14(23-19(25)16-4-2-3-5-17(16)20(23)26)6-7-15(13)18(24)22-11-21(12-22)8-9-21/h2-7,10H,8-9,11-12H2,1H3. The fourth-order valence-electron chi connectivity index (χ4n) is 4.02. The van der Waals surface area contributed by atoms with Crippen molar-refractivity contribution in [1.29, 1.82) is 0 Å². The maximum Gasteiger partial charge on any atom is 0.266 e. The Bertz CT molecular complexity index is 948. The van der Waals surface area contributed by atoms with E-state index < -0.39 is 0 Å². The van der Waals surface area contributed by atoms with Crippen molar-refractivity contribution in [3.05, 3.63) is 64.7 Å². The summed E-state index contributed by atoms with van der Waals surface area (Å²) in [5, 5.41) is 0. The van der Waals surface area contributed by atoms with Crippen molar-refractivity contribution in [3.63, 3.8) is 0 Å². The van der Waals surface area contributed by atoms with Crippen molar-refractivity contribution in [2.45, 2.75) is 19.8 Å². The molecular formula is C21H18N2O3. The fraction of sp³-hybridized carbons (Fsp3) is 0.286. The Hall–Kier alpha value is -2.95. The van der Waals surface area contributed by atoms with E-state index in [0.717, 1.165) is 18.7 Å². The number of benzene rings is 2. The summed E-state index contributed by atoms with van der Waals surface area (Å²) in [5.74, 6) is -0.598. The first kappa shape index (κ1) is 15.3. The van der Waals surface area contributed by atoms with E-state index in [9.17, 15) is 14.4 Å². The number of amides is 3. The van der Waals surface area contributed by atoms with Crippen LogP contribution in [0.15, 0.2) is 42.5 Å². The van der Waals surface area contributed by atoms with E-state index in [0.29, 0.717) is 27.8 Å². The second-order valence-electron chi connectivity index (χ2n) is 7.65. The Labute approximate surface area is 151 Å². The highest BCUT2D eigenvalue weighted by molar-refractivity contribution is 6.34. The predicted molar refractivity (Wildman–Crippen MR) is 96.3 cm³/mol. The molecule has 2 aromatic rings. The SMILES string of the molecule is Cc1cc(N2C(=O)c3ccccc3C2=O)ccc1C(=O)N1CC2(CC2)C1. The van der Waals surface area contributed by atoms with E-state index in [1.807, 2.05) is 11.8 Å². The van der Waals surface area contributed by atoms with Gasteiger partial charge in [0.1, 0.15) is 0 Å². The molecule has 26 heavy (non-hydrogen) atoms. The summed E-state index contributed by atoms with van der Waals surface area (Å²) in [5.41, 5.74) is 3.19. The largest absolute Gasteiger partial charge is 0.337 e. The van der Waals surface area contributed by atoms with Crippen molar-refractivity contribution < 1.29 is 14.4 Å². The molecule has 1 spiro atoms. The van der Waals surface area contributed by atoms with Gasteiger partial charge in [-0.1, -0.05) is 12.1 Å². The molecule has 5 nitrogen and oxygen atoms in total. The summed E-state index contributed by atoms with van der Waals surface area (Å²) in [6.07, 6.45) is 2.46. The van der Waals surface area contributed by atoms with Gasteiger partial charge in [-0.25, -0.2) is 4.90 Å². The third-order valence-corrected chi connectivity index (χ3v) is 5.79. The van der Waals surface area contributed by atoms with Gasteiger partial charge in [0.15, 0.2) is 0 Å². The van der Waals surface area contributed by atoms with Gasteiger partial charge in [0, 0.05) is 24.1 Å². The minimum atomic E-state index is -0.317. The van der Waals surface area contributed by atoms with E-state index in [4.69, 9.17) is 0 Å². The number of likely N-dealkylation sites (tertiary alicyclic amines) is 1. The molecule has 2 aliphatic heterocycles. The first-order chi connectivity index (χ1) is 12.5. The Balaban J connectivity index is 1.43. The Kier molecular flexibility index (Phi) is 2.97. The number of nitrogens with zero attached hydrogens (tertiary/aromatic N) is 2. The van der Waals surface area contributed by atoms with Gasteiger partial charge in [-0.2, -0.15) is 0 Å². The molecule has 0 bridgehead atoms. The van der Waals surface area contributed by atoms with Gasteiger partial charge in [-0.05, 0) is 55.7 Å². The average Bonchev–Trinajstić information content (AvgIpc) is 3.37. The minimum absolute atomic E-state index is 0.0361. The van der Waals surface area contributed by atoms with Crippen LogP contribution in [0.4, 0.5) is 5.69 Å². The zero-order valence-electron chi connectivity index (χ0n) is 14.5. The molecule has 1 saturated heterocycles. The number of hydrogen-bond donors (Lipinski definition) is 0. The molecular weight excluding hydrogens is 328 g/mol. The number of fused-ring (bicyclic) bond motifs is 1. The topological polar surface area (TPSA) is 57.7 Å². The molecule has 0 unspecified atom stereocenters. The lowest BCUT2D eigenvalue weighted by Gasteiger charge is -2.40. The lowest BCUT2D eigenvalue weighted by molar-refractivity contribution is 0.0442. The lowest BCUT2D eigenvalue weighted by atomic mass is 9.95. The lowest BCUT2D eigenvalue weighted by Crippen LogP contribution is -2.51. The van der Waals surface area contributed by atoms with Crippen molar-refractivity contribution in [2.75, 3.05) is 18.0 Å². The molecule has 0 radical (unpaired) electrons. The first-order valence-corrected chi connectivity index (χ1v) is 8.87. The molecule has 2 fully saturated rings. The number of carbonyl (C=O) groups is 3. The average molecular weight is 346 g/mol. The molecule has 1 aliphatic carbocycles. The smallest absolute Gasteiger partial charge is 0.266 e. The van der Waals surface area contributed by atoms with Crippen molar-refractivity contribution in [2.24, 2.45) is 5.41 Å². The number of rotatable bonds is 2. The third-order valence-electron chi connectivity index (χ3n) is 5.79. The zero-order valence-corrected chi connectivity index (χ0v) is 14.5. The molecule has 3 aliphatic rings. The van der Waals surface area contributed by atoms with E-state index in [1.54, 1.807) is 42.5 Å². The van der Waals surface area contributed by atoms with Crippen LogP contribution in [0.5, 0.6) is 0 Å². The van der Waals surface area contributed by atoms with Crippen LogP contribution in [0.2, 0.25) is 0 Å². The highest BCUT2D eigenvalue weighted by Gasteiger charge is 2.53. The molecule has 5 rings (SSSR count). The van der Waals surface area contributed by atoms with Gasteiger partial charge < -0.3 is 4.90 Å². The number of imide groups is 1. The molecule has 2 aromatic carbocycles. The van der Waals surface area contributed by atoms with E-state index in [-0.39, 0.29) is 17.7 Å². The Morgan fingerprint density at radius 3 is 2.12 bits per heavy atom. The van der Waals surface area contributed by atoms with Crippen LogP contribution in [0.3, 0.4) is 0 Å². The molecule has 130 valence electrons. The third kappa shape index (κ3) is 2.06. The minimum Gasteiger partial charge on any atom is -0.337 e. The van der Waals surface area contributed by atoms with E-state index in [2.05, 4.69) is 0 Å². The second kappa shape index (κ2) is 5.04. The van der Waals surface area contributed by atoms with Crippen molar-refractivity contribution in [3.8, 4) is 0 Å². The number of aryl methyl sites for hydroxylation is 1. The van der Waals surface area contributed by atoms with Crippen molar-refractivity contribution >= 4 is 23.4 Å². The van der Waals surface area contributed by atoms with Gasteiger partial charge in [0.05, 0.1) is 16.8 Å². The van der Waals surface area contributed by atoms with Crippen LogP contribution in [-0.2, 0) is 0 Å². The summed E-state index contributed by atoms with van der Waals surface area (Å²) in [4.78, 5) is 41.0. The summed E-state index contributed by atoms with van der Waals surface area (Å²) >= 11 is 0. The van der Waals surface area contributed by atoms with Crippen LogP contribution < -0.4 is 4.90 Å². The van der Waals surface area contributed by atoms with Crippen LogP contribution in [0.1, 0.15) is 49.5 Å². The predicted octanol–water partition coefficient (Wildman–Crippen LogP) is 3.03. The number of hydrogen-bond acceptors (Lipinski definition) is 3. The zero-order chi connectivity index (χ0) is 18.1. The normalized spacial score (nSPS) is 19.6. The van der Waals surface area contributed by atoms with Gasteiger partial charge in [0.25, 0.3) is 17.7 Å². The molecule has 0 atom stereocenters. The van der Waals surface area contributed by atoms with E-state index in [1.165, 1.54) is 17.7 Å². The maximum atomic E-state index is 12.7. The summed E-state index contributed by atoms with van der Waals surface area (Å²) in [6, 6.07) is 12.0. The molecule has 0 N–H and O–H groups in total. The second-order valence-corrected chi connectivity index (χ2v) is 7.65. The molecule has 3 amide bonds. The van der Waals surface area contributed by atoms with Crippen molar-refractivity contribution in [1.82, 2.24) is 4.90 Å². The highest BCUT2D eigenvalue weighted by Crippen LogP contribution is 2.53. The number of carbonyl (C=O) groups excluding carboxylic acids is 3. The Morgan fingerprint density at radius 2 is 1.58 bits per heavy atom. The number of anilines is 1. The fourth-order valence-corrected chi connectivity index (χ4v) is 4.02. The highest BCUT2D eigenvalue weighted by atomic mass is 16.2. The summed E-state index contributed by atoms with van der Waals surface area (Å²) in [7, 11) is 0. The Morgan fingerprint density at radius 1 is 0.962 bits per heavy atom. The summed E-state index contributed by atoms with van der Waals surface area (Å²) < 4.78 is 0. The van der Waals surface area contributed by atoms with E-state index >= 15 is 0 Å². The quantitative estimate of drug-likeness (QED) is 0.786. The molecule has 0 aromatic heterocycles. The molecule has 5 heteroatoms. The van der Waals surface area contributed by atoms with Gasteiger partial charge >= 0.3 is 0 Å². The monoisotopic (exact) mass is 346 g/mol. The van der Waals surface area contributed by atoms with Crippen LogP contribution in [0.25, 0.3) is 0 Å². The van der Waals surface area contributed by atoms with Crippen LogP contribution in [-0.4, -0.2) is 35.7 Å². The van der Waals surface area contributed by atoms with Crippen LogP contribution >= 0.6 is 0 Å². The van der Waals surface area contributed by atoms with Gasteiger partial charge in [-0.15, -0.1) is 0 Å². The first-order valence-electron chi connectivity index (χ1n) is 8.87. The molecule has 1 saturated carbocycles. The molecule has 2 heterocycles. The summed E-state index contributed by atoms with van der Waals surface area (Å²) in [6.45, 7) is 3.55.